The van der Waals surface area contributed by atoms with Gasteiger partial charge in [-0.05, 0) is 113 Å². The minimum atomic E-state index is -0.0978. The molecule has 6 aromatic heterocycles. The van der Waals surface area contributed by atoms with E-state index in [1.807, 2.05) is 116 Å². The van der Waals surface area contributed by atoms with Gasteiger partial charge in [0.05, 0.1) is 46.2 Å². The fraction of sp³-hybridized carbons (Fsp3) is 0.167. The average Bonchev–Trinajstić information content (AvgIpc) is 3.78. The molecule has 2 aromatic carbocycles. The van der Waals surface area contributed by atoms with Gasteiger partial charge in [-0.25, -0.2) is 24.3 Å². The average molecular weight is 701 g/mol. The Labute approximate surface area is 307 Å². The number of rotatable bonds is 6. The van der Waals surface area contributed by atoms with E-state index in [-0.39, 0.29) is 6.04 Å². The predicted molar refractivity (Wildman–Crippen MR) is 210 cm³/mol. The van der Waals surface area contributed by atoms with Crippen LogP contribution in [-0.2, 0) is 0 Å². The maximum Gasteiger partial charge on any atom is 0.154 e. The number of hydrogen-bond acceptors (Lipinski definition) is 9. The molecule has 0 aliphatic heterocycles. The Balaban J connectivity index is 0.000000164. The first-order valence-corrected chi connectivity index (χ1v) is 17.3. The molecule has 0 aliphatic carbocycles. The third kappa shape index (κ3) is 7.42. The molecular weight excluding hydrogens is 661 g/mol. The number of hydrogen-bond donors (Lipinski definition) is 2. The standard InChI is InChI=1S/C21H19N5O.C21H21N5/c1-13-9-18(15(3)25-27)24-19(10-13)16-7-8-17-12-22-26(20(17)11-16)21-6-4-5-14(2)23-21;1-13-9-18(15(3)22)25-19(10-13)16-7-8-17-12-23-26(20(17)11-16)21-6-4-5-14(2)24-21/h4-12,27H,1-3H3;4-12,15H,22H2,1-3H3/b25-15-;. The Hall–Kier alpha value is -6.59. The van der Waals surface area contributed by atoms with Crippen LogP contribution in [-0.4, -0.2) is 50.4 Å². The van der Waals surface area contributed by atoms with Crippen LogP contribution in [0, 0.1) is 27.7 Å². The van der Waals surface area contributed by atoms with Gasteiger partial charge in [0.1, 0.15) is 5.71 Å². The largest absolute Gasteiger partial charge is 0.411 e. The van der Waals surface area contributed by atoms with Crippen molar-refractivity contribution >= 4 is 27.5 Å². The van der Waals surface area contributed by atoms with Crippen LogP contribution < -0.4 is 5.73 Å². The van der Waals surface area contributed by atoms with Crippen LogP contribution in [0.25, 0.3) is 56.0 Å². The number of nitrogens with zero attached hydrogens (tertiary/aromatic N) is 9. The van der Waals surface area contributed by atoms with Crippen molar-refractivity contribution in [2.75, 3.05) is 0 Å². The lowest BCUT2D eigenvalue weighted by molar-refractivity contribution is 0.319. The number of nitrogens with two attached hydrogens (primary N) is 1. The highest BCUT2D eigenvalue weighted by Gasteiger charge is 2.13. The summed E-state index contributed by atoms with van der Waals surface area (Å²) in [5.41, 5.74) is 17.9. The number of aryl methyl sites for hydroxylation is 4. The van der Waals surface area contributed by atoms with E-state index in [9.17, 15) is 0 Å². The van der Waals surface area contributed by atoms with Gasteiger partial charge in [0.15, 0.2) is 11.6 Å². The molecule has 0 fully saturated rings. The second-order valence-electron chi connectivity index (χ2n) is 13.3. The monoisotopic (exact) mass is 700 g/mol. The van der Waals surface area contributed by atoms with Gasteiger partial charge in [0.25, 0.3) is 0 Å². The van der Waals surface area contributed by atoms with Crippen molar-refractivity contribution in [2.24, 2.45) is 10.9 Å². The molecule has 53 heavy (non-hydrogen) atoms. The highest BCUT2D eigenvalue weighted by molar-refractivity contribution is 5.97. The molecule has 0 saturated carbocycles. The Morgan fingerprint density at radius 3 is 1.64 bits per heavy atom. The normalized spacial score (nSPS) is 12.2. The maximum atomic E-state index is 9.07. The Morgan fingerprint density at radius 1 is 0.642 bits per heavy atom. The highest BCUT2D eigenvalue weighted by atomic mass is 16.4. The van der Waals surface area contributed by atoms with Crippen LogP contribution in [0.2, 0.25) is 0 Å². The van der Waals surface area contributed by atoms with Gasteiger partial charge in [-0.3, -0.25) is 4.98 Å². The minimum absolute atomic E-state index is 0.0978. The van der Waals surface area contributed by atoms with Crippen molar-refractivity contribution in [1.29, 1.82) is 0 Å². The summed E-state index contributed by atoms with van der Waals surface area (Å²) in [7, 11) is 0. The minimum Gasteiger partial charge on any atom is -0.411 e. The van der Waals surface area contributed by atoms with Gasteiger partial charge in [-0.15, -0.1) is 0 Å². The first-order chi connectivity index (χ1) is 25.6. The van der Waals surface area contributed by atoms with Crippen LogP contribution in [0.1, 0.15) is 53.8 Å². The van der Waals surface area contributed by atoms with Gasteiger partial charge in [0, 0.05) is 39.3 Å². The van der Waals surface area contributed by atoms with Crippen molar-refractivity contribution in [2.45, 2.75) is 47.6 Å². The smallest absolute Gasteiger partial charge is 0.154 e. The topological polar surface area (TPSA) is 146 Å². The van der Waals surface area contributed by atoms with E-state index in [4.69, 9.17) is 15.9 Å². The first kappa shape index (κ1) is 34.8. The molecule has 0 amide bonds. The van der Waals surface area contributed by atoms with Crippen molar-refractivity contribution in [3.05, 3.63) is 143 Å². The number of fused-ring (bicyclic) bond motifs is 2. The summed E-state index contributed by atoms with van der Waals surface area (Å²) in [6.07, 6.45) is 3.70. The fourth-order valence-corrected chi connectivity index (χ4v) is 6.14. The number of oxime groups is 1. The quantitative estimate of drug-likeness (QED) is 0.0999. The Kier molecular flexibility index (Phi) is 9.58. The summed E-state index contributed by atoms with van der Waals surface area (Å²) < 4.78 is 3.71. The van der Waals surface area contributed by atoms with Crippen LogP contribution >= 0.6 is 0 Å². The van der Waals surface area contributed by atoms with E-state index < -0.39 is 0 Å². The van der Waals surface area contributed by atoms with E-state index in [1.165, 1.54) is 0 Å². The third-order valence-corrected chi connectivity index (χ3v) is 8.86. The zero-order valence-corrected chi connectivity index (χ0v) is 30.5. The highest BCUT2D eigenvalue weighted by Crippen LogP contribution is 2.28. The SMILES string of the molecule is C/C(=N/O)c1cc(C)cc(-c2ccc3cnn(-c4cccc(C)n4)c3c2)n1.Cc1cc(-c2ccc3cnn(-c4cccc(C)n4)c3c2)nc(C(C)N)c1. The fourth-order valence-electron chi connectivity index (χ4n) is 6.14. The van der Waals surface area contributed by atoms with Gasteiger partial charge >= 0.3 is 0 Å². The molecule has 264 valence electrons. The van der Waals surface area contributed by atoms with Crippen molar-refractivity contribution in [3.8, 4) is 34.2 Å². The molecule has 6 heterocycles. The van der Waals surface area contributed by atoms with Crippen LogP contribution in [0.4, 0.5) is 0 Å². The van der Waals surface area contributed by atoms with E-state index in [1.54, 1.807) is 6.92 Å². The van der Waals surface area contributed by atoms with Gasteiger partial charge < -0.3 is 10.9 Å². The lowest BCUT2D eigenvalue weighted by atomic mass is 10.1. The summed E-state index contributed by atoms with van der Waals surface area (Å²) in [5, 5.41) is 23.5. The molecule has 1 atom stereocenters. The second kappa shape index (κ2) is 14.6. The molecule has 3 N–H and O–H groups in total. The number of pyridine rings is 4. The summed E-state index contributed by atoms with van der Waals surface area (Å²) in [6, 6.07) is 32.1. The van der Waals surface area contributed by atoms with Gasteiger partial charge in [0.2, 0.25) is 0 Å². The van der Waals surface area contributed by atoms with E-state index in [2.05, 4.69) is 67.6 Å². The Morgan fingerprint density at radius 2 is 1.15 bits per heavy atom. The van der Waals surface area contributed by atoms with E-state index in [0.717, 1.165) is 84.2 Å². The van der Waals surface area contributed by atoms with Crippen LogP contribution in [0.15, 0.2) is 115 Å². The molecule has 11 heteroatoms. The van der Waals surface area contributed by atoms with E-state index >= 15 is 0 Å². The molecule has 1 unspecified atom stereocenters. The maximum absolute atomic E-state index is 9.07. The van der Waals surface area contributed by atoms with E-state index in [0.29, 0.717) is 11.4 Å². The summed E-state index contributed by atoms with van der Waals surface area (Å²) in [5.74, 6) is 1.59. The molecule has 0 radical (unpaired) electrons. The molecule has 0 aliphatic rings. The summed E-state index contributed by atoms with van der Waals surface area (Å²) in [4.78, 5) is 18.5. The zero-order valence-electron chi connectivity index (χ0n) is 30.5. The molecule has 0 spiro atoms. The molecule has 0 saturated heterocycles. The molecule has 0 bridgehead atoms. The van der Waals surface area contributed by atoms with Crippen LogP contribution in [0.3, 0.4) is 0 Å². The van der Waals surface area contributed by atoms with Crippen LogP contribution in [0.5, 0.6) is 0 Å². The Bertz CT molecular complexity index is 2640. The lowest BCUT2D eigenvalue weighted by Crippen LogP contribution is -2.08. The zero-order chi connectivity index (χ0) is 37.2. The molecule has 8 rings (SSSR count). The number of aromatic nitrogens is 8. The molecular formula is C42H40N10O. The van der Waals surface area contributed by atoms with Crippen molar-refractivity contribution < 1.29 is 5.21 Å². The molecule has 8 aromatic rings. The van der Waals surface area contributed by atoms with Crippen molar-refractivity contribution in [1.82, 2.24) is 39.5 Å². The van der Waals surface area contributed by atoms with Gasteiger partial charge in [-0.1, -0.05) is 41.6 Å². The third-order valence-electron chi connectivity index (χ3n) is 8.86. The molecule has 11 nitrogen and oxygen atoms in total. The van der Waals surface area contributed by atoms with Crippen molar-refractivity contribution in [3.63, 3.8) is 0 Å². The second-order valence-corrected chi connectivity index (χ2v) is 13.3. The van der Waals surface area contributed by atoms with Gasteiger partial charge in [-0.2, -0.15) is 10.2 Å². The first-order valence-electron chi connectivity index (χ1n) is 17.3. The predicted octanol–water partition coefficient (Wildman–Crippen LogP) is 8.42. The number of benzene rings is 2. The lowest BCUT2D eigenvalue weighted by Gasteiger charge is -2.10. The summed E-state index contributed by atoms with van der Waals surface area (Å²) in [6.45, 7) is 11.7. The summed E-state index contributed by atoms with van der Waals surface area (Å²) >= 11 is 0.